The van der Waals surface area contributed by atoms with Crippen LogP contribution in [0.1, 0.15) is 5.69 Å². The van der Waals surface area contributed by atoms with Crippen LogP contribution in [0.25, 0.3) is 0 Å². The minimum absolute atomic E-state index is 0.0614. The van der Waals surface area contributed by atoms with Crippen molar-refractivity contribution in [1.82, 2.24) is 4.98 Å². The Hall–Kier alpha value is -2.12. The number of aromatic nitrogens is 1. The fourth-order valence-electron chi connectivity index (χ4n) is 1.89. The highest BCUT2D eigenvalue weighted by atomic mass is 32.2. The van der Waals surface area contributed by atoms with Gasteiger partial charge in [-0.1, -0.05) is 0 Å². The number of benzene rings is 1. The Labute approximate surface area is 124 Å². The molecular weight excluding hydrogens is 290 g/mol. The second-order valence-corrected chi connectivity index (χ2v) is 6.26. The van der Waals surface area contributed by atoms with E-state index in [-0.39, 0.29) is 11.4 Å². The van der Waals surface area contributed by atoms with Crippen LogP contribution in [-0.2, 0) is 16.6 Å². The first-order valence-corrected chi connectivity index (χ1v) is 7.71. The maximum absolute atomic E-state index is 12.7. The van der Waals surface area contributed by atoms with Crippen LogP contribution >= 0.6 is 0 Å². The van der Waals surface area contributed by atoms with Gasteiger partial charge in [0.2, 0.25) is 0 Å². The lowest BCUT2D eigenvalue weighted by molar-refractivity contribution is 0.415. The Kier molecular flexibility index (Phi) is 4.44. The molecule has 0 saturated carbocycles. The highest BCUT2D eigenvalue weighted by Gasteiger charge is 2.24. The minimum Gasteiger partial charge on any atom is -0.497 e. The monoisotopic (exact) mass is 307 g/mol. The molecule has 112 valence electrons. The van der Waals surface area contributed by atoms with Gasteiger partial charge in [-0.3, -0.25) is 9.29 Å². The van der Waals surface area contributed by atoms with Crippen molar-refractivity contribution in [2.45, 2.75) is 11.4 Å². The zero-order chi connectivity index (χ0) is 15.5. The average Bonchev–Trinajstić information content (AvgIpc) is 2.54. The Morgan fingerprint density at radius 3 is 2.48 bits per heavy atom. The standard InChI is InChI=1S/C14H17N3O3S/c1-17(11-5-7-12(20-2)8-6-11)21(18,19)14-4-3-9-16-13(14)10-15/h3-9H,10,15H2,1-2H3. The minimum atomic E-state index is -3.70. The molecule has 2 N–H and O–H groups in total. The van der Waals surface area contributed by atoms with Gasteiger partial charge in [-0.2, -0.15) is 0 Å². The first-order valence-electron chi connectivity index (χ1n) is 6.27. The van der Waals surface area contributed by atoms with Gasteiger partial charge < -0.3 is 10.5 Å². The summed E-state index contributed by atoms with van der Waals surface area (Å²) in [6.07, 6.45) is 1.52. The molecule has 0 radical (unpaired) electrons. The summed E-state index contributed by atoms with van der Waals surface area (Å²) in [5.74, 6) is 0.661. The van der Waals surface area contributed by atoms with Gasteiger partial charge in [0.25, 0.3) is 10.0 Å². The van der Waals surface area contributed by atoms with Crippen LogP contribution in [0.3, 0.4) is 0 Å². The number of hydrogen-bond acceptors (Lipinski definition) is 5. The maximum atomic E-state index is 12.7. The van der Waals surface area contributed by atoms with Crippen molar-refractivity contribution in [1.29, 1.82) is 0 Å². The fourth-order valence-corrected chi connectivity index (χ4v) is 3.27. The van der Waals surface area contributed by atoms with E-state index in [0.717, 1.165) is 0 Å². The van der Waals surface area contributed by atoms with E-state index in [4.69, 9.17) is 10.5 Å². The predicted molar refractivity (Wildman–Crippen MR) is 80.7 cm³/mol. The van der Waals surface area contributed by atoms with Crippen LogP contribution in [0.4, 0.5) is 5.69 Å². The molecule has 2 aromatic rings. The van der Waals surface area contributed by atoms with Crippen molar-refractivity contribution in [2.24, 2.45) is 5.73 Å². The first kappa shape index (κ1) is 15.3. The third-order valence-corrected chi connectivity index (χ3v) is 4.98. The first-order chi connectivity index (χ1) is 10.0. The van der Waals surface area contributed by atoms with Crippen LogP contribution < -0.4 is 14.8 Å². The van der Waals surface area contributed by atoms with E-state index < -0.39 is 10.0 Å². The summed E-state index contributed by atoms with van der Waals surface area (Å²) >= 11 is 0. The summed E-state index contributed by atoms with van der Waals surface area (Å²) in [4.78, 5) is 4.13. The lowest BCUT2D eigenvalue weighted by atomic mass is 10.3. The number of pyridine rings is 1. The van der Waals surface area contributed by atoms with E-state index in [2.05, 4.69) is 4.98 Å². The van der Waals surface area contributed by atoms with Gasteiger partial charge in [-0.15, -0.1) is 0 Å². The molecule has 1 aromatic heterocycles. The largest absolute Gasteiger partial charge is 0.497 e. The van der Waals surface area contributed by atoms with Crippen LogP contribution in [0.15, 0.2) is 47.5 Å². The van der Waals surface area contributed by atoms with E-state index in [9.17, 15) is 8.42 Å². The van der Waals surface area contributed by atoms with Crippen molar-refractivity contribution in [3.63, 3.8) is 0 Å². The van der Waals surface area contributed by atoms with Gasteiger partial charge >= 0.3 is 0 Å². The predicted octanol–water partition coefficient (Wildman–Crippen LogP) is 1.37. The van der Waals surface area contributed by atoms with Gasteiger partial charge in [0.15, 0.2) is 0 Å². The molecule has 7 heteroatoms. The van der Waals surface area contributed by atoms with E-state index in [1.165, 1.54) is 23.6 Å². The second kappa shape index (κ2) is 6.11. The maximum Gasteiger partial charge on any atom is 0.265 e. The highest BCUT2D eigenvalue weighted by Crippen LogP contribution is 2.25. The second-order valence-electron chi connectivity index (χ2n) is 4.32. The number of nitrogens with two attached hydrogens (primary N) is 1. The van der Waals surface area contributed by atoms with E-state index >= 15 is 0 Å². The number of rotatable bonds is 5. The molecule has 0 spiro atoms. The number of hydrogen-bond donors (Lipinski definition) is 1. The summed E-state index contributed by atoms with van der Waals surface area (Å²) < 4.78 is 31.6. The van der Waals surface area contributed by atoms with Crippen LogP contribution in [-0.4, -0.2) is 27.6 Å². The zero-order valence-electron chi connectivity index (χ0n) is 11.9. The Morgan fingerprint density at radius 1 is 1.24 bits per heavy atom. The molecule has 0 aliphatic rings. The molecule has 0 aliphatic carbocycles. The molecule has 0 fully saturated rings. The Balaban J connectivity index is 2.42. The summed E-state index contributed by atoms with van der Waals surface area (Å²) in [6.45, 7) is 0.0614. The Bertz CT molecular complexity index is 714. The highest BCUT2D eigenvalue weighted by molar-refractivity contribution is 7.92. The van der Waals surface area contributed by atoms with Gasteiger partial charge in [-0.05, 0) is 36.4 Å². The quantitative estimate of drug-likeness (QED) is 0.902. The van der Waals surface area contributed by atoms with Gasteiger partial charge in [-0.25, -0.2) is 8.42 Å². The summed E-state index contributed by atoms with van der Waals surface area (Å²) in [5, 5.41) is 0. The number of nitrogens with zero attached hydrogens (tertiary/aromatic N) is 2. The molecule has 1 aromatic carbocycles. The van der Waals surface area contributed by atoms with E-state index in [0.29, 0.717) is 17.1 Å². The normalized spacial score (nSPS) is 11.2. The molecule has 6 nitrogen and oxygen atoms in total. The SMILES string of the molecule is COc1ccc(N(C)S(=O)(=O)c2cccnc2CN)cc1. The molecule has 0 aliphatic heterocycles. The molecule has 21 heavy (non-hydrogen) atoms. The van der Waals surface area contributed by atoms with Gasteiger partial charge in [0.05, 0.1) is 18.5 Å². The smallest absolute Gasteiger partial charge is 0.265 e. The molecule has 0 saturated heterocycles. The van der Waals surface area contributed by atoms with E-state index in [1.54, 1.807) is 37.4 Å². The lowest BCUT2D eigenvalue weighted by Gasteiger charge is -2.20. The molecule has 0 atom stereocenters. The number of ether oxygens (including phenoxy) is 1. The van der Waals surface area contributed by atoms with Gasteiger partial charge in [0, 0.05) is 19.8 Å². The van der Waals surface area contributed by atoms with Crippen molar-refractivity contribution in [2.75, 3.05) is 18.5 Å². The summed E-state index contributed by atoms with van der Waals surface area (Å²) in [7, 11) is -0.660. The zero-order valence-corrected chi connectivity index (χ0v) is 12.7. The topological polar surface area (TPSA) is 85.5 Å². The average molecular weight is 307 g/mol. The summed E-state index contributed by atoms with van der Waals surface area (Å²) in [5.41, 5.74) is 6.44. The molecule has 0 amide bonds. The van der Waals surface area contributed by atoms with Crippen molar-refractivity contribution >= 4 is 15.7 Å². The molecule has 2 rings (SSSR count). The summed E-state index contributed by atoms with van der Waals surface area (Å²) in [6, 6.07) is 9.84. The van der Waals surface area contributed by atoms with E-state index in [1.807, 2.05) is 0 Å². The van der Waals surface area contributed by atoms with Crippen LogP contribution in [0.5, 0.6) is 5.75 Å². The molecule has 1 heterocycles. The van der Waals surface area contributed by atoms with Crippen molar-refractivity contribution in [3.05, 3.63) is 48.3 Å². The Morgan fingerprint density at radius 2 is 1.90 bits per heavy atom. The van der Waals surface area contributed by atoms with Crippen molar-refractivity contribution in [3.8, 4) is 5.75 Å². The molecular formula is C14H17N3O3S. The van der Waals surface area contributed by atoms with Gasteiger partial charge in [0.1, 0.15) is 10.6 Å². The van der Waals surface area contributed by atoms with Crippen LogP contribution in [0.2, 0.25) is 0 Å². The van der Waals surface area contributed by atoms with Crippen LogP contribution in [0, 0.1) is 0 Å². The number of sulfonamides is 1. The lowest BCUT2D eigenvalue weighted by Crippen LogP contribution is -2.28. The molecule has 0 unspecified atom stereocenters. The molecule has 0 bridgehead atoms. The number of anilines is 1. The third kappa shape index (κ3) is 2.98. The number of methoxy groups -OCH3 is 1. The third-order valence-electron chi connectivity index (χ3n) is 3.12. The van der Waals surface area contributed by atoms with Crippen molar-refractivity contribution < 1.29 is 13.2 Å². The fraction of sp³-hybridized carbons (Fsp3) is 0.214.